The number of thiazole rings is 1. The third-order valence-electron chi connectivity index (χ3n) is 4.19. The number of aryl methyl sites for hydroxylation is 1. The summed E-state index contributed by atoms with van der Waals surface area (Å²) in [7, 11) is 1.57. The summed E-state index contributed by atoms with van der Waals surface area (Å²) in [5, 5.41) is 12.7. The van der Waals surface area contributed by atoms with Crippen molar-refractivity contribution in [2.75, 3.05) is 7.11 Å². The molecular weight excluding hydrogens is 314 g/mol. The van der Waals surface area contributed by atoms with Crippen LogP contribution in [0.5, 0.6) is 5.88 Å². The third-order valence-corrected chi connectivity index (χ3v) is 5.11. The number of hydrogen-bond donors (Lipinski definition) is 2. The molecule has 2 aromatic rings. The van der Waals surface area contributed by atoms with Gasteiger partial charge >= 0.3 is 0 Å². The summed E-state index contributed by atoms with van der Waals surface area (Å²) in [5.74, 6) is 0.607. The van der Waals surface area contributed by atoms with Gasteiger partial charge in [-0.25, -0.2) is 9.97 Å². The molecule has 1 atom stereocenters. The van der Waals surface area contributed by atoms with E-state index in [0.29, 0.717) is 23.6 Å². The quantitative estimate of drug-likeness (QED) is 0.875. The van der Waals surface area contributed by atoms with Crippen LogP contribution in [0.4, 0.5) is 0 Å². The number of aliphatic hydroxyl groups is 1. The number of methoxy groups -OCH3 is 1. The molecule has 122 valence electrons. The summed E-state index contributed by atoms with van der Waals surface area (Å²) in [6.45, 7) is 1.82. The van der Waals surface area contributed by atoms with Gasteiger partial charge in [-0.1, -0.05) is 6.07 Å². The van der Waals surface area contributed by atoms with Gasteiger partial charge in [0.25, 0.3) is 5.91 Å². The Bertz CT molecular complexity index is 680. The van der Waals surface area contributed by atoms with Crippen molar-refractivity contribution in [3.05, 3.63) is 40.0 Å². The molecule has 0 spiro atoms. The minimum absolute atomic E-state index is 0.132. The smallest absolute Gasteiger partial charge is 0.263 e. The van der Waals surface area contributed by atoms with E-state index in [2.05, 4.69) is 15.3 Å². The van der Waals surface area contributed by atoms with Gasteiger partial charge in [0.15, 0.2) is 0 Å². The summed E-state index contributed by atoms with van der Waals surface area (Å²) in [4.78, 5) is 21.5. The van der Waals surface area contributed by atoms with E-state index in [1.54, 1.807) is 24.9 Å². The fraction of sp³-hybridized carbons (Fsp3) is 0.438. The average Bonchev–Trinajstić information content (AvgIpc) is 2.96. The molecule has 0 radical (unpaired) electrons. The van der Waals surface area contributed by atoms with E-state index in [9.17, 15) is 9.90 Å². The highest BCUT2D eigenvalue weighted by Gasteiger charge is 2.36. The van der Waals surface area contributed by atoms with Gasteiger partial charge in [-0.05, 0) is 31.2 Å². The van der Waals surface area contributed by atoms with Gasteiger partial charge in [0.2, 0.25) is 5.88 Å². The van der Waals surface area contributed by atoms with Crippen molar-refractivity contribution in [3.63, 3.8) is 0 Å². The Morgan fingerprint density at radius 3 is 2.74 bits per heavy atom. The molecule has 0 unspecified atom stereocenters. The number of carbonyl (C=O) groups is 1. The van der Waals surface area contributed by atoms with Crippen LogP contribution in [-0.2, 0) is 0 Å². The summed E-state index contributed by atoms with van der Waals surface area (Å²) < 4.78 is 5.08. The minimum atomic E-state index is -0.282. The largest absolute Gasteiger partial charge is 0.481 e. The Morgan fingerprint density at radius 1 is 1.43 bits per heavy atom. The Kier molecular flexibility index (Phi) is 4.58. The van der Waals surface area contributed by atoms with Gasteiger partial charge in [-0.2, -0.15) is 0 Å². The summed E-state index contributed by atoms with van der Waals surface area (Å²) in [5.41, 5.74) is 3.31. The van der Waals surface area contributed by atoms with Crippen LogP contribution in [0.1, 0.15) is 39.8 Å². The molecule has 0 bridgehead atoms. The normalized spacial score (nSPS) is 21.3. The van der Waals surface area contributed by atoms with Crippen molar-refractivity contribution in [3.8, 4) is 5.88 Å². The molecule has 3 rings (SSSR count). The van der Waals surface area contributed by atoms with E-state index in [1.165, 1.54) is 11.3 Å². The van der Waals surface area contributed by atoms with Gasteiger partial charge < -0.3 is 15.2 Å². The summed E-state index contributed by atoms with van der Waals surface area (Å²) in [6.07, 6.45) is 2.79. The molecule has 1 amide bonds. The molecule has 1 aliphatic rings. The van der Waals surface area contributed by atoms with E-state index < -0.39 is 0 Å². The van der Waals surface area contributed by atoms with Gasteiger partial charge in [0.1, 0.15) is 4.88 Å². The van der Waals surface area contributed by atoms with Crippen LogP contribution < -0.4 is 10.1 Å². The zero-order valence-electron chi connectivity index (χ0n) is 13.0. The van der Waals surface area contributed by atoms with Crippen LogP contribution in [0.15, 0.2) is 23.8 Å². The van der Waals surface area contributed by atoms with E-state index in [-0.39, 0.29) is 24.0 Å². The predicted octanol–water partition coefficient (Wildman–Crippen LogP) is 2.10. The van der Waals surface area contributed by atoms with Crippen LogP contribution in [-0.4, -0.2) is 34.2 Å². The van der Waals surface area contributed by atoms with Crippen LogP contribution in [0.25, 0.3) is 0 Å². The van der Waals surface area contributed by atoms with Crippen molar-refractivity contribution in [2.24, 2.45) is 5.92 Å². The van der Waals surface area contributed by atoms with E-state index in [1.807, 2.05) is 13.0 Å². The molecule has 0 aliphatic heterocycles. The Morgan fingerprint density at radius 2 is 2.22 bits per heavy atom. The molecule has 1 saturated carbocycles. The fourth-order valence-electron chi connectivity index (χ4n) is 2.80. The van der Waals surface area contributed by atoms with Crippen molar-refractivity contribution < 1.29 is 14.6 Å². The number of rotatable bonds is 5. The zero-order chi connectivity index (χ0) is 16.4. The van der Waals surface area contributed by atoms with Gasteiger partial charge in [0.05, 0.1) is 30.5 Å². The van der Waals surface area contributed by atoms with Gasteiger partial charge in [-0.15, -0.1) is 11.3 Å². The zero-order valence-corrected chi connectivity index (χ0v) is 13.8. The number of aliphatic hydroxyl groups excluding tert-OH is 1. The molecule has 6 nitrogen and oxygen atoms in total. The number of hydrogen-bond acceptors (Lipinski definition) is 6. The number of aromatic nitrogens is 2. The third kappa shape index (κ3) is 3.35. The minimum Gasteiger partial charge on any atom is -0.481 e. The fourth-order valence-corrected chi connectivity index (χ4v) is 3.50. The number of carbonyl (C=O) groups excluding carboxylic acids is 1. The Hall–Kier alpha value is -1.99. The standard InChI is InChI=1S/C16H19N3O3S/c1-9-15(23-8-18-9)16(21)19-14(11-5-12(20)6-11)10-3-4-13(22-2)17-7-10/h3-4,7-8,11-12,14,20H,5-6H2,1-2H3,(H,19,21)/t11?,12?,14-/m0/s1. The summed E-state index contributed by atoms with van der Waals surface area (Å²) in [6, 6.07) is 3.51. The van der Waals surface area contributed by atoms with Crippen molar-refractivity contribution in [1.82, 2.24) is 15.3 Å². The lowest BCUT2D eigenvalue weighted by Gasteiger charge is -2.38. The second-order valence-corrected chi connectivity index (χ2v) is 6.59. The van der Waals surface area contributed by atoms with Crippen molar-refractivity contribution in [2.45, 2.75) is 31.9 Å². The molecule has 1 fully saturated rings. The second-order valence-electron chi connectivity index (χ2n) is 5.74. The predicted molar refractivity (Wildman–Crippen MR) is 86.6 cm³/mol. The Labute approximate surface area is 138 Å². The molecule has 0 saturated heterocycles. The van der Waals surface area contributed by atoms with Gasteiger partial charge in [-0.3, -0.25) is 4.79 Å². The van der Waals surface area contributed by atoms with E-state index >= 15 is 0 Å². The van der Waals surface area contributed by atoms with E-state index in [4.69, 9.17) is 4.74 Å². The second kappa shape index (κ2) is 6.64. The first-order chi connectivity index (χ1) is 11.1. The maximum Gasteiger partial charge on any atom is 0.263 e. The number of ether oxygens (including phenoxy) is 1. The molecule has 1 aliphatic carbocycles. The maximum absolute atomic E-state index is 12.5. The highest BCUT2D eigenvalue weighted by molar-refractivity contribution is 7.11. The van der Waals surface area contributed by atoms with Crippen LogP contribution in [0.3, 0.4) is 0 Å². The highest BCUT2D eigenvalue weighted by Crippen LogP contribution is 2.38. The lowest BCUT2D eigenvalue weighted by molar-refractivity contribution is 0.0235. The first kappa shape index (κ1) is 15.9. The van der Waals surface area contributed by atoms with Crippen LogP contribution in [0, 0.1) is 12.8 Å². The topological polar surface area (TPSA) is 84.3 Å². The molecule has 23 heavy (non-hydrogen) atoms. The highest BCUT2D eigenvalue weighted by atomic mass is 32.1. The number of amides is 1. The molecule has 2 aromatic heterocycles. The molecular formula is C16H19N3O3S. The average molecular weight is 333 g/mol. The first-order valence-corrected chi connectivity index (χ1v) is 8.35. The van der Waals surface area contributed by atoms with Crippen molar-refractivity contribution in [1.29, 1.82) is 0 Å². The number of nitrogens with zero attached hydrogens (tertiary/aromatic N) is 2. The molecule has 0 aromatic carbocycles. The SMILES string of the molecule is COc1ccc([C@H](NC(=O)c2scnc2C)C2CC(O)C2)cn1. The first-order valence-electron chi connectivity index (χ1n) is 7.47. The maximum atomic E-state index is 12.5. The van der Waals surface area contributed by atoms with E-state index in [0.717, 1.165) is 11.3 Å². The lowest BCUT2D eigenvalue weighted by atomic mass is 9.75. The lowest BCUT2D eigenvalue weighted by Crippen LogP contribution is -2.41. The molecule has 2 heterocycles. The van der Waals surface area contributed by atoms with Crippen molar-refractivity contribution >= 4 is 17.2 Å². The number of nitrogens with one attached hydrogen (secondary N) is 1. The number of pyridine rings is 1. The molecule has 2 N–H and O–H groups in total. The van der Waals surface area contributed by atoms with Crippen LogP contribution >= 0.6 is 11.3 Å². The van der Waals surface area contributed by atoms with Crippen LogP contribution in [0.2, 0.25) is 0 Å². The Balaban J connectivity index is 1.80. The molecule has 7 heteroatoms. The summed E-state index contributed by atoms with van der Waals surface area (Å²) >= 11 is 1.33. The monoisotopic (exact) mass is 333 g/mol. The van der Waals surface area contributed by atoms with Gasteiger partial charge in [0, 0.05) is 12.3 Å².